The Balaban J connectivity index is 1.53. The van der Waals surface area contributed by atoms with Gasteiger partial charge in [0.15, 0.2) is 0 Å². The molecule has 2 atom stereocenters. The summed E-state index contributed by atoms with van der Waals surface area (Å²) >= 11 is 2.06. The first kappa shape index (κ1) is 16.0. The number of hydrogen-bond donors (Lipinski definition) is 1. The van der Waals surface area contributed by atoms with Crippen LogP contribution in [0.4, 0.5) is 0 Å². The highest BCUT2D eigenvalue weighted by molar-refractivity contribution is 8.00. The molecule has 2 aliphatic heterocycles. The standard InChI is InChI=1S/C18H23N3O2S/c1-22-15-4-2-13(3-5-15)18-14(10-19-20-18)11-21-7-9-24-17-12-23-8-6-16(17)21/h2-5,10,16-17H,6-9,11-12H2,1H3,(H,19,20). The zero-order chi connectivity index (χ0) is 16.4. The molecule has 3 heterocycles. The van der Waals surface area contributed by atoms with Gasteiger partial charge in [0.1, 0.15) is 5.75 Å². The van der Waals surface area contributed by atoms with Gasteiger partial charge in [0.2, 0.25) is 0 Å². The van der Waals surface area contributed by atoms with E-state index in [0.29, 0.717) is 11.3 Å². The van der Waals surface area contributed by atoms with E-state index >= 15 is 0 Å². The first-order valence-electron chi connectivity index (χ1n) is 8.45. The van der Waals surface area contributed by atoms with E-state index in [1.165, 1.54) is 11.3 Å². The summed E-state index contributed by atoms with van der Waals surface area (Å²) in [4.78, 5) is 2.61. The number of nitrogens with one attached hydrogen (secondary N) is 1. The molecule has 2 fully saturated rings. The molecule has 0 bridgehead atoms. The molecule has 128 valence electrons. The van der Waals surface area contributed by atoms with Crippen LogP contribution in [0, 0.1) is 0 Å². The molecule has 2 aliphatic rings. The Morgan fingerprint density at radius 1 is 1.38 bits per heavy atom. The van der Waals surface area contributed by atoms with Gasteiger partial charge in [-0.15, -0.1) is 0 Å². The lowest BCUT2D eigenvalue weighted by Gasteiger charge is -2.43. The number of aromatic amines is 1. The lowest BCUT2D eigenvalue weighted by molar-refractivity contribution is 0.0352. The van der Waals surface area contributed by atoms with Crippen LogP contribution in [-0.4, -0.2) is 59.0 Å². The van der Waals surface area contributed by atoms with Gasteiger partial charge in [-0.25, -0.2) is 0 Å². The highest BCUT2D eigenvalue weighted by atomic mass is 32.2. The molecule has 5 nitrogen and oxygen atoms in total. The maximum Gasteiger partial charge on any atom is 0.118 e. The fourth-order valence-corrected chi connectivity index (χ4v) is 4.98. The Morgan fingerprint density at radius 3 is 3.08 bits per heavy atom. The summed E-state index contributed by atoms with van der Waals surface area (Å²) in [5.74, 6) is 2.05. The fourth-order valence-electron chi connectivity index (χ4n) is 3.62. The van der Waals surface area contributed by atoms with Gasteiger partial charge in [-0.3, -0.25) is 10.00 Å². The summed E-state index contributed by atoms with van der Waals surface area (Å²) in [6.45, 7) is 3.86. The summed E-state index contributed by atoms with van der Waals surface area (Å²) in [5.41, 5.74) is 3.52. The Labute approximate surface area is 146 Å². The van der Waals surface area contributed by atoms with Crippen LogP contribution in [0.15, 0.2) is 30.5 Å². The Hall–Kier alpha value is -1.50. The van der Waals surface area contributed by atoms with E-state index in [2.05, 4.69) is 39.0 Å². The summed E-state index contributed by atoms with van der Waals surface area (Å²) in [6, 6.07) is 8.77. The molecule has 0 saturated carbocycles. The van der Waals surface area contributed by atoms with Crippen molar-refractivity contribution in [3.63, 3.8) is 0 Å². The number of nitrogens with zero attached hydrogens (tertiary/aromatic N) is 2. The van der Waals surface area contributed by atoms with E-state index in [1.807, 2.05) is 18.3 Å². The van der Waals surface area contributed by atoms with Gasteiger partial charge in [0.05, 0.1) is 25.6 Å². The molecule has 0 amide bonds. The number of hydrogen-bond acceptors (Lipinski definition) is 5. The number of ether oxygens (including phenoxy) is 2. The highest BCUT2D eigenvalue weighted by Gasteiger charge is 2.34. The quantitative estimate of drug-likeness (QED) is 0.923. The third kappa shape index (κ3) is 3.18. The number of fused-ring (bicyclic) bond motifs is 1. The van der Waals surface area contributed by atoms with Crippen molar-refractivity contribution >= 4 is 11.8 Å². The van der Waals surface area contributed by atoms with Crippen LogP contribution < -0.4 is 4.74 Å². The number of rotatable bonds is 4. The molecule has 1 aromatic carbocycles. The molecule has 2 unspecified atom stereocenters. The van der Waals surface area contributed by atoms with E-state index in [0.717, 1.165) is 49.7 Å². The van der Waals surface area contributed by atoms with E-state index in [-0.39, 0.29) is 0 Å². The molecule has 6 heteroatoms. The van der Waals surface area contributed by atoms with Crippen LogP contribution in [-0.2, 0) is 11.3 Å². The van der Waals surface area contributed by atoms with E-state index in [4.69, 9.17) is 9.47 Å². The van der Waals surface area contributed by atoms with Crippen molar-refractivity contribution in [1.82, 2.24) is 15.1 Å². The predicted molar refractivity (Wildman–Crippen MR) is 96.5 cm³/mol. The van der Waals surface area contributed by atoms with E-state index in [1.54, 1.807) is 7.11 Å². The molecule has 0 aliphatic carbocycles. The lowest BCUT2D eigenvalue weighted by atomic mass is 10.0. The second-order valence-electron chi connectivity index (χ2n) is 6.31. The molecular weight excluding hydrogens is 322 g/mol. The Morgan fingerprint density at radius 2 is 2.25 bits per heavy atom. The molecule has 4 rings (SSSR count). The van der Waals surface area contributed by atoms with Gasteiger partial charge >= 0.3 is 0 Å². The minimum atomic E-state index is 0.615. The van der Waals surface area contributed by atoms with Crippen LogP contribution in [0.2, 0.25) is 0 Å². The average Bonchev–Trinajstić information content (AvgIpc) is 3.10. The van der Waals surface area contributed by atoms with Gasteiger partial charge in [0.25, 0.3) is 0 Å². The zero-order valence-electron chi connectivity index (χ0n) is 13.9. The molecule has 2 aromatic rings. The van der Waals surface area contributed by atoms with Crippen molar-refractivity contribution in [1.29, 1.82) is 0 Å². The first-order valence-corrected chi connectivity index (χ1v) is 9.50. The maximum absolute atomic E-state index is 5.66. The number of aromatic nitrogens is 2. The second kappa shape index (κ2) is 7.17. The van der Waals surface area contributed by atoms with E-state index in [9.17, 15) is 0 Å². The zero-order valence-corrected chi connectivity index (χ0v) is 14.7. The van der Waals surface area contributed by atoms with Crippen LogP contribution in [0.25, 0.3) is 11.3 Å². The third-order valence-corrected chi connectivity index (χ3v) is 6.22. The number of benzene rings is 1. The normalized spacial score (nSPS) is 24.5. The molecule has 0 radical (unpaired) electrons. The summed E-state index contributed by atoms with van der Waals surface area (Å²) in [5, 5.41) is 8.09. The van der Waals surface area contributed by atoms with Crippen molar-refractivity contribution in [2.75, 3.05) is 32.6 Å². The Kier molecular flexibility index (Phi) is 4.78. The number of thioether (sulfide) groups is 1. The number of methoxy groups -OCH3 is 1. The van der Waals surface area contributed by atoms with Gasteiger partial charge < -0.3 is 9.47 Å². The van der Waals surface area contributed by atoms with Gasteiger partial charge in [-0.2, -0.15) is 16.9 Å². The van der Waals surface area contributed by atoms with Crippen molar-refractivity contribution in [2.45, 2.75) is 24.3 Å². The minimum absolute atomic E-state index is 0.615. The maximum atomic E-state index is 5.66. The molecule has 1 N–H and O–H groups in total. The smallest absolute Gasteiger partial charge is 0.118 e. The van der Waals surface area contributed by atoms with Gasteiger partial charge in [0, 0.05) is 47.9 Å². The average molecular weight is 345 g/mol. The van der Waals surface area contributed by atoms with Crippen molar-refractivity contribution < 1.29 is 9.47 Å². The second-order valence-corrected chi connectivity index (χ2v) is 7.66. The molecule has 0 spiro atoms. The monoisotopic (exact) mass is 345 g/mol. The van der Waals surface area contributed by atoms with Crippen LogP contribution in [0.5, 0.6) is 5.75 Å². The van der Waals surface area contributed by atoms with Crippen LogP contribution >= 0.6 is 11.8 Å². The molecule has 2 saturated heterocycles. The molecule has 24 heavy (non-hydrogen) atoms. The van der Waals surface area contributed by atoms with E-state index < -0.39 is 0 Å². The van der Waals surface area contributed by atoms with Gasteiger partial charge in [-0.05, 0) is 30.7 Å². The topological polar surface area (TPSA) is 50.4 Å². The third-order valence-electron chi connectivity index (χ3n) is 4.92. The van der Waals surface area contributed by atoms with Crippen molar-refractivity contribution in [3.8, 4) is 17.0 Å². The Bertz CT molecular complexity index is 671. The SMILES string of the molecule is COc1ccc(-c2[nH]ncc2CN2CCSC3COCCC32)cc1. The van der Waals surface area contributed by atoms with Gasteiger partial charge in [-0.1, -0.05) is 0 Å². The van der Waals surface area contributed by atoms with Crippen molar-refractivity contribution in [2.24, 2.45) is 0 Å². The first-order chi connectivity index (χ1) is 11.8. The largest absolute Gasteiger partial charge is 0.497 e. The number of H-pyrrole nitrogens is 1. The van der Waals surface area contributed by atoms with Crippen molar-refractivity contribution in [3.05, 3.63) is 36.0 Å². The predicted octanol–water partition coefficient (Wildman–Crippen LogP) is 2.79. The molecular formula is C18H23N3O2S. The minimum Gasteiger partial charge on any atom is -0.497 e. The lowest BCUT2D eigenvalue weighted by Crippen LogP contribution is -2.51. The summed E-state index contributed by atoms with van der Waals surface area (Å²) in [6.07, 6.45) is 3.10. The highest BCUT2D eigenvalue weighted by Crippen LogP contribution is 2.32. The fraction of sp³-hybridized carbons (Fsp3) is 0.500. The van der Waals surface area contributed by atoms with Crippen LogP contribution in [0.3, 0.4) is 0 Å². The van der Waals surface area contributed by atoms with Crippen LogP contribution in [0.1, 0.15) is 12.0 Å². The molecule has 1 aromatic heterocycles. The summed E-state index contributed by atoms with van der Waals surface area (Å²) < 4.78 is 10.9. The summed E-state index contributed by atoms with van der Waals surface area (Å²) in [7, 11) is 1.69.